The molecular weight excluding hydrogens is 158 g/mol. The van der Waals surface area contributed by atoms with Gasteiger partial charge in [-0.2, -0.15) is 5.06 Å². The van der Waals surface area contributed by atoms with Crippen LogP contribution < -0.4 is 0 Å². The summed E-state index contributed by atoms with van der Waals surface area (Å²) in [7, 11) is 1.56. The number of hydroxylamine groups is 2. The molecule has 1 heterocycles. The average molecular weight is 173 g/mol. The maximum absolute atomic E-state index is 11.3. The van der Waals surface area contributed by atoms with E-state index in [0.29, 0.717) is 0 Å². The lowest BCUT2D eigenvalue weighted by molar-refractivity contribution is -0.223. The average Bonchev–Trinajstić information content (AvgIpc) is 1.83. The normalized spacial score (nSPS) is 23.8. The van der Waals surface area contributed by atoms with Crippen molar-refractivity contribution in [1.82, 2.24) is 5.06 Å². The Morgan fingerprint density at radius 1 is 1.58 bits per heavy atom. The van der Waals surface area contributed by atoms with Crippen LogP contribution in [0, 0.1) is 0 Å². The molecule has 4 heteroatoms. The summed E-state index contributed by atoms with van der Waals surface area (Å²) in [6, 6.07) is -0.183. The summed E-state index contributed by atoms with van der Waals surface area (Å²) < 4.78 is 5.03. The number of ether oxygens (including phenoxy) is 1. The van der Waals surface area contributed by atoms with E-state index in [1.807, 2.05) is 13.8 Å². The fourth-order valence-corrected chi connectivity index (χ4v) is 1.13. The van der Waals surface area contributed by atoms with Crippen LogP contribution >= 0.6 is 0 Å². The molecule has 0 amide bonds. The van der Waals surface area contributed by atoms with Crippen LogP contribution in [-0.4, -0.2) is 36.8 Å². The summed E-state index contributed by atoms with van der Waals surface area (Å²) >= 11 is 0. The van der Waals surface area contributed by atoms with Crippen LogP contribution in [0.4, 0.5) is 0 Å². The smallest absolute Gasteiger partial charge is 0.326 e. The number of esters is 1. The number of carbonyl (C=O) groups is 1. The highest BCUT2D eigenvalue weighted by atomic mass is 16.7. The van der Waals surface area contributed by atoms with Gasteiger partial charge in [0.15, 0.2) is 0 Å². The SMILES string of the molecule is CON1CCC1C(=O)OC(C)C. The minimum absolute atomic E-state index is 0.0446. The van der Waals surface area contributed by atoms with Gasteiger partial charge in [0.1, 0.15) is 6.04 Å². The highest BCUT2D eigenvalue weighted by Gasteiger charge is 2.36. The maximum Gasteiger partial charge on any atom is 0.326 e. The van der Waals surface area contributed by atoms with E-state index in [0.717, 1.165) is 13.0 Å². The Morgan fingerprint density at radius 3 is 2.58 bits per heavy atom. The van der Waals surface area contributed by atoms with Crippen LogP contribution in [0.2, 0.25) is 0 Å². The Morgan fingerprint density at radius 2 is 2.25 bits per heavy atom. The van der Waals surface area contributed by atoms with Crippen molar-refractivity contribution in [2.45, 2.75) is 32.4 Å². The van der Waals surface area contributed by atoms with Crippen LogP contribution in [0.25, 0.3) is 0 Å². The molecule has 0 aliphatic carbocycles. The summed E-state index contributed by atoms with van der Waals surface area (Å²) in [6.45, 7) is 4.50. The van der Waals surface area contributed by atoms with Gasteiger partial charge in [0.25, 0.3) is 0 Å². The van der Waals surface area contributed by atoms with Crippen LogP contribution in [-0.2, 0) is 14.4 Å². The molecule has 0 bridgehead atoms. The zero-order chi connectivity index (χ0) is 9.14. The van der Waals surface area contributed by atoms with Gasteiger partial charge in [0.2, 0.25) is 0 Å². The molecular formula is C8H15NO3. The maximum atomic E-state index is 11.3. The number of nitrogens with zero attached hydrogens (tertiary/aromatic N) is 1. The monoisotopic (exact) mass is 173 g/mol. The molecule has 0 aromatic carbocycles. The molecule has 12 heavy (non-hydrogen) atoms. The fraction of sp³-hybridized carbons (Fsp3) is 0.875. The van der Waals surface area contributed by atoms with E-state index in [1.54, 1.807) is 12.2 Å². The van der Waals surface area contributed by atoms with E-state index in [4.69, 9.17) is 9.57 Å². The Labute approximate surface area is 72.4 Å². The van der Waals surface area contributed by atoms with Gasteiger partial charge < -0.3 is 9.57 Å². The van der Waals surface area contributed by atoms with Crippen molar-refractivity contribution >= 4 is 5.97 Å². The van der Waals surface area contributed by atoms with Crippen LogP contribution in [0.15, 0.2) is 0 Å². The second-order valence-corrected chi connectivity index (χ2v) is 3.11. The van der Waals surface area contributed by atoms with E-state index >= 15 is 0 Å². The highest BCUT2D eigenvalue weighted by Crippen LogP contribution is 2.18. The molecule has 1 aliphatic rings. The zero-order valence-corrected chi connectivity index (χ0v) is 7.74. The lowest BCUT2D eigenvalue weighted by atomic mass is 10.1. The number of carbonyl (C=O) groups excluding carboxylic acids is 1. The summed E-state index contributed by atoms with van der Waals surface area (Å²) in [5, 5.41) is 1.63. The van der Waals surface area contributed by atoms with Gasteiger partial charge in [-0.3, -0.25) is 4.79 Å². The van der Waals surface area contributed by atoms with Crippen LogP contribution in [0.1, 0.15) is 20.3 Å². The minimum Gasteiger partial charge on any atom is -0.462 e. The number of rotatable bonds is 3. The van der Waals surface area contributed by atoms with E-state index in [1.165, 1.54) is 0 Å². The first-order valence-electron chi connectivity index (χ1n) is 4.16. The molecule has 0 aromatic rings. The van der Waals surface area contributed by atoms with Crippen molar-refractivity contribution in [3.8, 4) is 0 Å². The first kappa shape index (κ1) is 9.48. The van der Waals surface area contributed by atoms with E-state index < -0.39 is 0 Å². The van der Waals surface area contributed by atoms with Crippen molar-refractivity contribution in [2.75, 3.05) is 13.7 Å². The molecule has 1 fully saturated rings. The third kappa shape index (κ3) is 1.95. The zero-order valence-electron chi connectivity index (χ0n) is 7.74. The lowest BCUT2D eigenvalue weighted by Crippen LogP contribution is -2.52. The topological polar surface area (TPSA) is 38.8 Å². The van der Waals surface area contributed by atoms with Crippen LogP contribution in [0.3, 0.4) is 0 Å². The highest BCUT2D eigenvalue weighted by molar-refractivity contribution is 5.76. The summed E-state index contributed by atoms with van der Waals surface area (Å²) in [5.74, 6) is -0.182. The second kappa shape index (κ2) is 3.87. The van der Waals surface area contributed by atoms with Gasteiger partial charge in [0, 0.05) is 6.54 Å². The Bertz CT molecular complexity index is 168. The summed E-state index contributed by atoms with van der Waals surface area (Å²) in [4.78, 5) is 16.2. The molecule has 4 nitrogen and oxygen atoms in total. The Hall–Kier alpha value is -0.610. The standard InChI is InChI=1S/C8H15NO3/c1-6(2)12-8(10)7-4-5-9(7)11-3/h6-7H,4-5H2,1-3H3. The van der Waals surface area contributed by atoms with Crippen molar-refractivity contribution in [2.24, 2.45) is 0 Å². The van der Waals surface area contributed by atoms with Crippen molar-refractivity contribution < 1.29 is 14.4 Å². The molecule has 0 saturated carbocycles. The third-order valence-corrected chi connectivity index (χ3v) is 1.83. The second-order valence-electron chi connectivity index (χ2n) is 3.11. The van der Waals surface area contributed by atoms with Gasteiger partial charge in [-0.1, -0.05) is 0 Å². The predicted molar refractivity (Wildman–Crippen MR) is 43.3 cm³/mol. The molecule has 1 saturated heterocycles. The number of hydrogen-bond acceptors (Lipinski definition) is 4. The predicted octanol–water partition coefficient (Wildman–Crippen LogP) is 0.574. The molecule has 0 spiro atoms. The van der Waals surface area contributed by atoms with Gasteiger partial charge in [-0.05, 0) is 20.3 Å². The van der Waals surface area contributed by atoms with Gasteiger partial charge in [-0.15, -0.1) is 0 Å². The molecule has 1 rings (SSSR count). The van der Waals surface area contributed by atoms with Crippen molar-refractivity contribution in [3.63, 3.8) is 0 Å². The molecule has 0 aromatic heterocycles. The molecule has 1 atom stereocenters. The first-order valence-corrected chi connectivity index (χ1v) is 4.16. The molecule has 1 aliphatic heterocycles. The molecule has 70 valence electrons. The molecule has 0 radical (unpaired) electrons. The van der Waals surface area contributed by atoms with Gasteiger partial charge in [-0.25, -0.2) is 0 Å². The van der Waals surface area contributed by atoms with Gasteiger partial charge >= 0.3 is 5.97 Å². The van der Waals surface area contributed by atoms with E-state index in [-0.39, 0.29) is 18.1 Å². The fourth-order valence-electron chi connectivity index (χ4n) is 1.13. The minimum atomic E-state index is -0.183. The summed E-state index contributed by atoms with van der Waals surface area (Å²) in [6.07, 6.45) is 0.788. The Kier molecular flexibility index (Phi) is 3.05. The molecule has 0 N–H and O–H groups in total. The van der Waals surface area contributed by atoms with E-state index in [2.05, 4.69) is 0 Å². The number of hydrogen-bond donors (Lipinski definition) is 0. The Balaban J connectivity index is 2.32. The summed E-state index contributed by atoms with van der Waals surface area (Å²) in [5.41, 5.74) is 0. The van der Waals surface area contributed by atoms with Crippen molar-refractivity contribution in [1.29, 1.82) is 0 Å². The first-order chi connectivity index (χ1) is 5.65. The van der Waals surface area contributed by atoms with Crippen molar-refractivity contribution in [3.05, 3.63) is 0 Å². The van der Waals surface area contributed by atoms with E-state index in [9.17, 15) is 4.79 Å². The third-order valence-electron chi connectivity index (χ3n) is 1.83. The largest absolute Gasteiger partial charge is 0.462 e. The van der Waals surface area contributed by atoms with Crippen LogP contribution in [0.5, 0.6) is 0 Å². The quantitative estimate of drug-likeness (QED) is 0.585. The van der Waals surface area contributed by atoms with Gasteiger partial charge in [0.05, 0.1) is 13.2 Å². The molecule has 1 unspecified atom stereocenters. The lowest BCUT2D eigenvalue weighted by Gasteiger charge is -2.36.